The number of amides is 1. The molecule has 13 nitrogen and oxygen atoms in total. The average molecular weight is 971 g/mol. The van der Waals surface area contributed by atoms with Crippen molar-refractivity contribution >= 4 is 79.2 Å². The molecule has 4 aromatic rings. The molecule has 0 spiro atoms. The van der Waals surface area contributed by atoms with E-state index in [0.717, 1.165) is 81.4 Å². The molecule has 4 aromatic heterocycles. The van der Waals surface area contributed by atoms with Crippen LogP contribution in [0.4, 0.5) is 81.4 Å². The summed E-state index contributed by atoms with van der Waals surface area (Å²) in [6.07, 6.45) is -0.893. The number of piperidine rings is 4. The molecule has 23 heteroatoms. The van der Waals surface area contributed by atoms with Crippen LogP contribution >= 0.6 is 27.0 Å². The first kappa shape index (κ1) is 50.2. The number of hydrogen-bond acceptors (Lipinski definition) is 12. The van der Waals surface area contributed by atoms with Crippen LogP contribution in [0.2, 0.25) is 0 Å². The second-order valence-electron chi connectivity index (χ2n) is 17.0. The van der Waals surface area contributed by atoms with Crippen LogP contribution in [-0.2, 0) is 0 Å². The second kappa shape index (κ2) is 21.2. The molecule has 360 valence electrons. The molecule has 0 saturated carbocycles. The molecule has 6 aliphatic rings. The van der Waals surface area contributed by atoms with E-state index in [2.05, 4.69) is 45.7 Å². The summed E-state index contributed by atoms with van der Waals surface area (Å²) in [5, 5.41) is 9.46. The number of halogens is 8. The number of anilines is 8. The minimum atomic E-state index is -4.31. The number of rotatable bonds is 4. The van der Waals surface area contributed by atoms with Gasteiger partial charge in [0.05, 0.1) is 41.2 Å². The predicted octanol–water partition coefficient (Wildman–Crippen LogP) is 8.32. The number of pyridine rings is 4. The average Bonchev–Trinajstić information content (AvgIpc) is 3.28. The first-order valence-corrected chi connectivity index (χ1v) is 21.6. The molecule has 5 N–H and O–H groups in total. The number of carbonyl (C=O) groups excluding carboxylic acids is 1. The van der Waals surface area contributed by atoms with Gasteiger partial charge in [-0.2, -0.15) is 53.3 Å². The minimum Gasteiger partial charge on any atom is -0.384 e. The van der Waals surface area contributed by atoms with Crippen molar-refractivity contribution in [2.75, 3.05) is 93.6 Å². The Kier molecular flexibility index (Phi) is 16.1. The monoisotopic (exact) mass is 970 g/mol. The Morgan fingerprint density at radius 3 is 1.73 bits per heavy atom. The Morgan fingerprint density at radius 1 is 0.636 bits per heavy atom. The Labute approximate surface area is 391 Å². The molecule has 66 heavy (non-hydrogen) atoms. The fraction of sp³-hybridized carbons (Fsp3) is 0.512. The number of aromatic nitrogens is 4. The van der Waals surface area contributed by atoms with Gasteiger partial charge < -0.3 is 41.3 Å². The summed E-state index contributed by atoms with van der Waals surface area (Å²) < 4.78 is 105. The molecule has 1 amide bonds. The van der Waals surface area contributed by atoms with Crippen molar-refractivity contribution in [3.63, 3.8) is 0 Å². The van der Waals surface area contributed by atoms with Crippen molar-refractivity contribution in [1.29, 1.82) is 0 Å². The lowest BCUT2D eigenvalue weighted by molar-refractivity contribution is -0.176. The number of nitrogens with two attached hydrogens (primary N) is 1. The quantitative estimate of drug-likeness (QED) is 0.146. The first-order chi connectivity index (χ1) is 30.6. The molecule has 4 saturated heterocycles. The van der Waals surface area contributed by atoms with Crippen molar-refractivity contribution in [2.45, 2.75) is 75.8 Å². The van der Waals surface area contributed by atoms with Crippen LogP contribution in [0, 0.1) is 23.5 Å². The molecule has 6 aliphatic heterocycles. The fourth-order valence-electron chi connectivity index (χ4n) is 9.15. The zero-order valence-electron chi connectivity index (χ0n) is 35.9. The summed E-state index contributed by atoms with van der Waals surface area (Å²) in [6, 6.07) is 11.4. The summed E-state index contributed by atoms with van der Waals surface area (Å²) in [5.41, 5.74) is 7.16. The van der Waals surface area contributed by atoms with Crippen LogP contribution in [0.5, 0.6) is 0 Å². The van der Waals surface area contributed by atoms with Crippen molar-refractivity contribution in [2.24, 2.45) is 11.8 Å². The Morgan fingerprint density at radius 2 is 1.17 bits per heavy atom. The topological polar surface area (TPSA) is 144 Å². The highest BCUT2D eigenvalue weighted by molar-refractivity contribution is 7.59. The number of fused-ring (bicyclic) bond motifs is 8. The second-order valence-corrected chi connectivity index (χ2v) is 17.0. The van der Waals surface area contributed by atoms with E-state index in [9.17, 15) is 39.9 Å². The lowest BCUT2D eigenvalue weighted by Crippen LogP contribution is -2.47. The lowest BCUT2D eigenvalue weighted by Gasteiger charge is -2.42. The van der Waals surface area contributed by atoms with Gasteiger partial charge in [0.2, 0.25) is 0 Å². The SMILES string of the molecule is FC(F)(F)C1CCCN(c2ccc3c(n2)N[C@H]2CCCN3C2)C1.Nc1ccc(F)cn1.O=C(Nc1ccc(F)cn1)c1cc2c(nc1N1CCCC(C(F)(F)F)C1)N[C@H]1CCCN2C1.S.S. The van der Waals surface area contributed by atoms with Crippen molar-refractivity contribution in [1.82, 2.24) is 19.9 Å². The van der Waals surface area contributed by atoms with Gasteiger partial charge in [-0.15, -0.1) is 0 Å². The fourth-order valence-corrected chi connectivity index (χ4v) is 9.15. The van der Waals surface area contributed by atoms with Crippen molar-refractivity contribution in [3.8, 4) is 0 Å². The smallest absolute Gasteiger partial charge is 0.384 e. The van der Waals surface area contributed by atoms with E-state index in [-0.39, 0.29) is 82.0 Å². The molecule has 0 aliphatic carbocycles. The van der Waals surface area contributed by atoms with Crippen LogP contribution in [0.25, 0.3) is 0 Å². The van der Waals surface area contributed by atoms with E-state index < -0.39 is 35.9 Å². The Balaban J connectivity index is 0.000000189. The highest BCUT2D eigenvalue weighted by atomic mass is 32.1. The van der Waals surface area contributed by atoms with Gasteiger partial charge in [-0.3, -0.25) is 4.79 Å². The van der Waals surface area contributed by atoms with E-state index in [0.29, 0.717) is 49.4 Å². The standard InChI is InChI=1S/C22H24F4N6O.C16H21F3N4.C5H5FN2.2H2S/c23-14-5-6-18(27-10-14)29-21(33)16-9-17-19(28-15-4-2-7-31(17)12-15)30-20(16)32-8-1-3-13(11-32)22(24,25)26;17-16(18,19)11-3-1-8-23(9-11)14-6-5-13-15(21-14)20-12-4-2-7-22(13)10-12;6-4-1-2-5(7)8-3-4;;/h5-6,9-10,13,15H,1-4,7-8,11-12H2,(H,28,30)(H,27,29,33);5-6,11-12H,1-4,7-10H2,(H,20,21);1-3H,(H2,7,8);2*1H2/t13?,15-;11?,12-;;;/m00.../s1. The number of alkyl halides is 6. The molecular weight excluding hydrogens is 917 g/mol. The van der Waals surface area contributed by atoms with E-state index in [1.165, 1.54) is 24.3 Å². The number of nitrogen functional groups attached to an aromatic ring is 1. The largest absolute Gasteiger partial charge is 0.393 e. The number of nitrogens with one attached hydrogen (secondary N) is 3. The maximum Gasteiger partial charge on any atom is 0.393 e. The van der Waals surface area contributed by atoms with Gasteiger partial charge in [-0.1, -0.05) is 0 Å². The molecular formula is C43H54F8N12OS2. The molecule has 0 aromatic carbocycles. The number of nitrogens with zero attached hydrogens (tertiary/aromatic N) is 8. The summed E-state index contributed by atoms with van der Waals surface area (Å²) in [5.74, 6) is -1.39. The zero-order chi connectivity index (χ0) is 45.2. The van der Waals surface area contributed by atoms with E-state index >= 15 is 0 Å². The molecule has 2 unspecified atom stereocenters. The van der Waals surface area contributed by atoms with Crippen molar-refractivity contribution < 1.29 is 39.9 Å². The Bertz CT molecular complexity index is 2240. The van der Waals surface area contributed by atoms with Gasteiger partial charge in [0, 0.05) is 64.4 Å². The predicted molar refractivity (Wildman–Crippen MR) is 250 cm³/mol. The van der Waals surface area contributed by atoms with Crippen LogP contribution in [0.1, 0.15) is 61.7 Å². The van der Waals surface area contributed by atoms with Gasteiger partial charge in [0.25, 0.3) is 5.91 Å². The van der Waals surface area contributed by atoms with E-state index in [4.69, 9.17) is 5.73 Å². The molecule has 4 fully saturated rings. The van der Waals surface area contributed by atoms with Crippen LogP contribution < -0.4 is 41.3 Å². The van der Waals surface area contributed by atoms with Gasteiger partial charge in [0.1, 0.15) is 34.9 Å². The summed E-state index contributed by atoms with van der Waals surface area (Å²) in [4.78, 5) is 37.7. The minimum absolute atomic E-state index is 0. The maximum absolute atomic E-state index is 13.5. The molecule has 10 rings (SSSR count). The van der Waals surface area contributed by atoms with Gasteiger partial charge in [-0.25, -0.2) is 28.7 Å². The first-order valence-electron chi connectivity index (χ1n) is 21.6. The van der Waals surface area contributed by atoms with Gasteiger partial charge in [-0.05, 0) is 93.8 Å². The maximum atomic E-state index is 13.5. The number of hydrogen-bond donors (Lipinski definition) is 4. The van der Waals surface area contributed by atoms with Crippen LogP contribution in [0.3, 0.4) is 0 Å². The molecule has 10 heterocycles. The lowest BCUT2D eigenvalue weighted by atomic mass is 9.96. The van der Waals surface area contributed by atoms with Gasteiger partial charge >= 0.3 is 12.4 Å². The van der Waals surface area contributed by atoms with Gasteiger partial charge in [0.15, 0.2) is 11.6 Å². The molecule has 4 bridgehead atoms. The molecule has 4 atom stereocenters. The third-order valence-corrected chi connectivity index (χ3v) is 12.4. The van der Waals surface area contributed by atoms with E-state index in [1.807, 2.05) is 12.1 Å². The highest BCUT2D eigenvalue weighted by Gasteiger charge is 2.44. The summed E-state index contributed by atoms with van der Waals surface area (Å²) >= 11 is 0. The zero-order valence-corrected chi connectivity index (χ0v) is 37.9. The normalized spacial score (nSPS) is 21.9. The molecule has 0 radical (unpaired) electrons. The highest BCUT2D eigenvalue weighted by Crippen LogP contribution is 2.41. The third kappa shape index (κ3) is 12.0. The van der Waals surface area contributed by atoms with Crippen LogP contribution in [0.15, 0.2) is 54.9 Å². The van der Waals surface area contributed by atoms with Crippen LogP contribution in [-0.4, -0.2) is 103 Å². The summed E-state index contributed by atoms with van der Waals surface area (Å²) in [7, 11) is 0. The third-order valence-electron chi connectivity index (χ3n) is 12.4. The summed E-state index contributed by atoms with van der Waals surface area (Å²) in [6.45, 7) is 4.42. The van der Waals surface area contributed by atoms with E-state index in [1.54, 1.807) is 15.9 Å². The van der Waals surface area contributed by atoms with Crippen molar-refractivity contribution in [3.05, 3.63) is 72.1 Å². The Hall–Kier alpha value is -5.19. The number of carbonyl (C=O) groups is 1.